The SMILES string of the molecule is Nc1ncn(CC(=O)N2CCC(N3CCCCC3)C2)n1. The molecular weight excluding hydrogens is 256 g/mol. The maximum absolute atomic E-state index is 12.2. The number of nitrogen functional groups attached to an aromatic ring is 1. The molecule has 2 aliphatic heterocycles. The number of hydrogen-bond acceptors (Lipinski definition) is 5. The first-order chi connectivity index (χ1) is 9.72. The molecular formula is C13H22N6O. The number of nitrogens with two attached hydrogens (primary N) is 1. The molecule has 2 aliphatic rings. The smallest absolute Gasteiger partial charge is 0.244 e. The van der Waals surface area contributed by atoms with E-state index in [1.54, 1.807) is 0 Å². The van der Waals surface area contributed by atoms with Gasteiger partial charge >= 0.3 is 0 Å². The third-order valence-electron chi connectivity index (χ3n) is 4.27. The topological polar surface area (TPSA) is 80.3 Å². The van der Waals surface area contributed by atoms with Crippen molar-refractivity contribution in [3.63, 3.8) is 0 Å². The molecule has 3 heterocycles. The Kier molecular flexibility index (Phi) is 3.86. The minimum atomic E-state index is 0.106. The minimum absolute atomic E-state index is 0.106. The maximum Gasteiger partial charge on any atom is 0.244 e. The van der Waals surface area contributed by atoms with Crippen LogP contribution in [0.1, 0.15) is 25.7 Å². The highest BCUT2D eigenvalue weighted by Crippen LogP contribution is 2.20. The van der Waals surface area contributed by atoms with Gasteiger partial charge in [-0.05, 0) is 32.4 Å². The van der Waals surface area contributed by atoms with E-state index in [-0.39, 0.29) is 18.4 Å². The van der Waals surface area contributed by atoms with Gasteiger partial charge in [0.2, 0.25) is 11.9 Å². The largest absolute Gasteiger partial charge is 0.367 e. The van der Waals surface area contributed by atoms with Crippen LogP contribution in [0.3, 0.4) is 0 Å². The Morgan fingerprint density at radius 3 is 2.80 bits per heavy atom. The van der Waals surface area contributed by atoms with Gasteiger partial charge in [0.05, 0.1) is 0 Å². The van der Waals surface area contributed by atoms with E-state index in [9.17, 15) is 4.79 Å². The van der Waals surface area contributed by atoms with Crippen molar-refractivity contribution in [2.24, 2.45) is 0 Å². The number of aromatic nitrogens is 3. The lowest BCUT2D eigenvalue weighted by Gasteiger charge is -2.32. The summed E-state index contributed by atoms with van der Waals surface area (Å²) >= 11 is 0. The van der Waals surface area contributed by atoms with Crippen LogP contribution in [0.25, 0.3) is 0 Å². The van der Waals surface area contributed by atoms with E-state index in [1.807, 2.05) is 4.90 Å². The van der Waals surface area contributed by atoms with Gasteiger partial charge in [-0.25, -0.2) is 9.67 Å². The Hall–Kier alpha value is -1.63. The average Bonchev–Trinajstić information content (AvgIpc) is 3.09. The summed E-state index contributed by atoms with van der Waals surface area (Å²) in [4.78, 5) is 20.6. The minimum Gasteiger partial charge on any atom is -0.367 e. The van der Waals surface area contributed by atoms with Crippen LogP contribution in [0.15, 0.2) is 6.33 Å². The Balaban J connectivity index is 1.52. The zero-order valence-corrected chi connectivity index (χ0v) is 11.7. The number of hydrogen-bond donors (Lipinski definition) is 1. The van der Waals surface area contributed by atoms with Crippen LogP contribution in [-0.4, -0.2) is 62.7 Å². The maximum atomic E-state index is 12.2. The van der Waals surface area contributed by atoms with Crippen molar-refractivity contribution in [2.75, 3.05) is 31.9 Å². The van der Waals surface area contributed by atoms with Crippen molar-refractivity contribution in [1.82, 2.24) is 24.6 Å². The Morgan fingerprint density at radius 2 is 2.10 bits per heavy atom. The van der Waals surface area contributed by atoms with Crippen LogP contribution in [0.5, 0.6) is 0 Å². The molecule has 2 fully saturated rings. The highest BCUT2D eigenvalue weighted by molar-refractivity contribution is 5.76. The third-order valence-corrected chi connectivity index (χ3v) is 4.27. The highest BCUT2D eigenvalue weighted by atomic mass is 16.2. The van der Waals surface area contributed by atoms with E-state index in [0.717, 1.165) is 19.5 Å². The molecule has 3 rings (SSSR count). The van der Waals surface area contributed by atoms with E-state index in [1.165, 1.54) is 43.4 Å². The molecule has 1 aromatic heterocycles. The molecule has 1 amide bonds. The molecule has 7 heteroatoms. The molecule has 2 saturated heterocycles. The Morgan fingerprint density at radius 1 is 1.30 bits per heavy atom. The van der Waals surface area contributed by atoms with Crippen molar-refractivity contribution < 1.29 is 4.79 Å². The van der Waals surface area contributed by atoms with Crippen LogP contribution in [-0.2, 0) is 11.3 Å². The van der Waals surface area contributed by atoms with Gasteiger partial charge in [0.15, 0.2) is 0 Å². The number of carbonyl (C=O) groups is 1. The molecule has 1 aromatic rings. The van der Waals surface area contributed by atoms with Gasteiger partial charge in [-0.2, -0.15) is 0 Å². The second-order valence-corrected chi connectivity index (χ2v) is 5.68. The quantitative estimate of drug-likeness (QED) is 0.838. The van der Waals surface area contributed by atoms with Crippen LogP contribution >= 0.6 is 0 Å². The molecule has 0 bridgehead atoms. The zero-order chi connectivity index (χ0) is 13.9. The fourth-order valence-electron chi connectivity index (χ4n) is 3.17. The van der Waals surface area contributed by atoms with Gasteiger partial charge in [0, 0.05) is 19.1 Å². The molecule has 7 nitrogen and oxygen atoms in total. The summed E-state index contributed by atoms with van der Waals surface area (Å²) in [6, 6.07) is 0.542. The molecule has 0 saturated carbocycles. The van der Waals surface area contributed by atoms with Crippen LogP contribution in [0.2, 0.25) is 0 Å². The van der Waals surface area contributed by atoms with Gasteiger partial charge in [-0.3, -0.25) is 9.69 Å². The van der Waals surface area contributed by atoms with Gasteiger partial charge < -0.3 is 10.6 Å². The van der Waals surface area contributed by atoms with Gasteiger partial charge in [-0.1, -0.05) is 6.42 Å². The van der Waals surface area contributed by atoms with E-state index in [2.05, 4.69) is 15.0 Å². The predicted molar refractivity (Wildman–Crippen MR) is 74.8 cm³/mol. The van der Waals surface area contributed by atoms with Crippen molar-refractivity contribution in [3.05, 3.63) is 6.33 Å². The van der Waals surface area contributed by atoms with E-state index >= 15 is 0 Å². The zero-order valence-electron chi connectivity index (χ0n) is 11.7. The molecule has 0 aromatic carbocycles. The molecule has 0 radical (unpaired) electrons. The Labute approximate surface area is 118 Å². The fraction of sp³-hybridized carbons (Fsp3) is 0.769. The standard InChI is InChI=1S/C13H22N6O/c14-13-15-10-19(16-13)9-12(20)18-7-4-11(8-18)17-5-2-1-3-6-17/h10-11H,1-9H2,(H2,14,16). The number of piperidine rings is 1. The second kappa shape index (κ2) is 5.78. The van der Waals surface area contributed by atoms with E-state index in [0.29, 0.717) is 6.04 Å². The van der Waals surface area contributed by atoms with Crippen molar-refractivity contribution in [3.8, 4) is 0 Å². The summed E-state index contributed by atoms with van der Waals surface area (Å²) in [7, 11) is 0. The first-order valence-electron chi connectivity index (χ1n) is 7.39. The van der Waals surface area contributed by atoms with E-state index in [4.69, 9.17) is 5.73 Å². The average molecular weight is 278 g/mol. The number of likely N-dealkylation sites (tertiary alicyclic amines) is 2. The van der Waals surface area contributed by atoms with Gasteiger partial charge in [0.25, 0.3) is 0 Å². The summed E-state index contributed by atoms with van der Waals surface area (Å²) < 4.78 is 1.51. The molecule has 0 aliphatic carbocycles. The fourth-order valence-corrected chi connectivity index (χ4v) is 3.17. The van der Waals surface area contributed by atoms with Crippen molar-refractivity contribution in [2.45, 2.75) is 38.3 Å². The first-order valence-corrected chi connectivity index (χ1v) is 7.39. The summed E-state index contributed by atoms with van der Waals surface area (Å²) in [5.74, 6) is 0.319. The lowest BCUT2D eigenvalue weighted by molar-refractivity contribution is -0.131. The normalized spacial score (nSPS) is 24.2. The molecule has 110 valence electrons. The third kappa shape index (κ3) is 2.92. The molecule has 1 unspecified atom stereocenters. The molecule has 20 heavy (non-hydrogen) atoms. The Bertz CT molecular complexity index is 467. The number of anilines is 1. The van der Waals surface area contributed by atoms with Crippen molar-refractivity contribution >= 4 is 11.9 Å². The number of carbonyl (C=O) groups excluding carboxylic acids is 1. The second-order valence-electron chi connectivity index (χ2n) is 5.68. The number of rotatable bonds is 3. The summed E-state index contributed by atoms with van der Waals surface area (Å²) in [6.07, 6.45) is 6.53. The van der Waals surface area contributed by atoms with Gasteiger partial charge in [0.1, 0.15) is 12.9 Å². The van der Waals surface area contributed by atoms with Crippen LogP contribution in [0, 0.1) is 0 Å². The number of nitrogens with zero attached hydrogens (tertiary/aromatic N) is 5. The molecule has 2 N–H and O–H groups in total. The lowest BCUT2D eigenvalue weighted by atomic mass is 10.1. The first kappa shape index (κ1) is 13.4. The van der Waals surface area contributed by atoms with Crippen LogP contribution in [0.4, 0.5) is 5.95 Å². The predicted octanol–water partition coefficient (Wildman–Crippen LogP) is -0.0529. The highest BCUT2D eigenvalue weighted by Gasteiger charge is 2.30. The van der Waals surface area contributed by atoms with Crippen molar-refractivity contribution in [1.29, 1.82) is 0 Å². The molecule has 1 atom stereocenters. The summed E-state index contributed by atoms with van der Waals surface area (Å²) in [5.41, 5.74) is 5.45. The molecule has 0 spiro atoms. The van der Waals surface area contributed by atoms with Crippen LogP contribution < -0.4 is 5.73 Å². The van der Waals surface area contributed by atoms with Gasteiger partial charge in [-0.15, -0.1) is 5.10 Å². The lowest BCUT2D eigenvalue weighted by Crippen LogP contribution is -2.42. The summed E-state index contributed by atoms with van der Waals surface area (Å²) in [5, 5.41) is 3.96. The monoisotopic (exact) mass is 278 g/mol. The van der Waals surface area contributed by atoms with E-state index < -0.39 is 0 Å². The number of amides is 1. The summed E-state index contributed by atoms with van der Waals surface area (Å²) in [6.45, 7) is 4.31.